The Morgan fingerprint density at radius 3 is 2.38 bits per heavy atom. The van der Waals surface area contributed by atoms with E-state index in [1.807, 2.05) is 0 Å². The molecule has 1 heterocycles. The summed E-state index contributed by atoms with van der Waals surface area (Å²) in [5.41, 5.74) is 0.188. The molecule has 0 amide bonds. The number of nitrogens with zero attached hydrogens (tertiary/aromatic N) is 1. The Morgan fingerprint density at radius 2 is 1.77 bits per heavy atom. The third-order valence-electron chi connectivity index (χ3n) is 1.83. The van der Waals surface area contributed by atoms with E-state index in [-0.39, 0.29) is 11.4 Å². The highest BCUT2D eigenvalue weighted by Gasteiger charge is 2.07. The van der Waals surface area contributed by atoms with Gasteiger partial charge in [-0.05, 0) is 24.3 Å². The summed E-state index contributed by atoms with van der Waals surface area (Å²) in [6.07, 6.45) is 3.36. The van der Waals surface area contributed by atoms with E-state index in [0.717, 1.165) is 0 Å². The zero-order valence-corrected chi connectivity index (χ0v) is 6.81. The van der Waals surface area contributed by atoms with Gasteiger partial charge in [0.05, 0.1) is 0 Å². The molecule has 0 saturated carbocycles. The van der Waals surface area contributed by atoms with Crippen LogP contribution in [0.25, 0.3) is 5.69 Å². The molecule has 0 unspecified atom stereocenters. The Balaban J connectivity index is 2.64. The fourth-order valence-corrected chi connectivity index (χ4v) is 1.24. The van der Waals surface area contributed by atoms with E-state index < -0.39 is 5.82 Å². The summed E-state index contributed by atoms with van der Waals surface area (Å²) in [5, 5.41) is 9.40. The van der Waals surface area contributed by atoms with Crippen LogP contribution in [-0.4, -0.2) is 9.67 Å². The van der Waals surface area contributed by atoms with Gasteiger partial charge in [-0.2, -0.15) is 0 Å². The number of phenolic OH excluding ortho intramolecular Hbond substituents is 1. The first-order valence-corrected chi connectivity index (χ1v) is 3.90. The standard InChI is InChI=1S/C10H8FNO/c11-8-4-3-5-9(13)10(8)12-6-1-2-7-12/h1-7,13H. The van der Waals surface area contributed by atoms with Gasteiger partial charge >= 0.3 is 0 Å². The monoisotopic (exact) mass is 177 g/mol. The molecule has 13 heavy (non-hydrogen) atoms. The molecule has 0 fully saturated rings. The van der Waals surface area contributed by atoms with Crippen molar-refractivity contribution < 1.29 is 9.50 Å². The molecule has 0 spiro atoms. The van der Waals surface area contributed by atoms with Crippen molar-refractivity contribution in [3.05, 3.63) is 48.5 Å². The van der Waals surface area contributed by atoms with Crippen LogP contribution in [-0.2, 0) is 0 Å². The number of phenols is 1. The lowest BCUT2D eigenvalue weighted by atomic mass is 10.3. The first kappa shape index (κ1) is 7.86. The first-order chi connectivity index (χ1) is 6.29. The van der Waals surface area contributed by atoms with E-state index in [0.29, 0.717) is 0 Å². The number of benzene rings is 1. The predicted octanol–water partition coefficient (Wildman–Crippen LogP) is 2.32. The normalized spacial score (nSPS) is 10.2. The molecule has 1 aromatic heterocycles. The molecule has 1 N–H and O–H groups in total. The van der Waals surface area contributed by atoms with Crippen molar-refractivity contribution >= 4 is 0 Å². The molecule has 2 nitrogen and oxygen atoms in total. The maximum atomic E-state index is 13.2. The average Bonchev–Trinajstić information content (AvgIpc) is 2.57. The molecule has 0 radical (unpaired) electrons. The smallest absolute Gasteiger partial charge is 0.150 e. The minimum absolute atomic E-state index is 0.0591. The predicted molar refractivity (Wildman–Crippen MR) is 47.4 cm³/mol. The van der Waals surface area contributed by atoms with Crippen LogP contribution in [0.4, 0.5) is 4.39 Å². The van der Waals surface area contributed by atoms with Crippen molar-refractivity contribution in [2.24, 2.45) is 0 Å². The lowest BCUT2D eigenvalue weighted by Gasteiger charge is -2.06. The van der Waals surface area contributed by atoms with Crippen molar-refractivity contribution in [2.45, 2.75) is 0 Å². The van der Waals surface area contributed by atoms with E-state index in [1.165, 1.54) is 22.8 Å². The highest BCUT2D eigenvalue weighted by atomic mass is 19.1. The summed E-state index contributed by atoms with van der Waals surface area (Å²) < 4.78 is 14.8. The molecule has 0 aliphatic rings. The zero-order valence-electron chi connectivity index (χ0n) is 6.81. The Morgan fingerprint density at radius 1 is 1.08 bits per heavy atom. The van der Waals surface area contributed by atoms with Crippen molar-refractivity contribution in [3.63, 3.8) is 0 Å². The second-order valence-corrected chi connectivity index (χ2v) is 2.70. The van der Waals surface area contributed by atoms with Gasteiger partial charge in [0.15, 0.2) is 5.82 Å². The van der Waals surface area contributed by atoms with Crippen LogP contribution in [0.3, 0.4) is 0 Å². The minimum atomic E-state index is -0.434. The summed E-state index contributed by atoms with van der Waals surface area (Å²) in [4.78, 5) is 0. The molecule has 0 aliphatic heterocycles. The van der Waals surface area contributed by atoms with Crippen molar-refractivity contribution in [2.75, 3.05) is 0 Å². The second kappa shape index (κ2) is 2.94. The van der Waals surface area contributed by atoms with Crippen LogP contribution < -0.4 is 0 Å². The third kappa shape index (κ3) is 1.28. The average molecular weight is 177 g/mol. The maximum absolute atomic E-state index is 13.2. The van der Waals surface area contributed by atoms with Crippen LogP contribution in [0.5, 0.6) is 5.75 Å². The van der Waals surface area contributed by atoms with E-state index in [2.05, 4.69) is 0 Å². The summed E-state index contributed by atoms with van der Waals surface area (Å²) in [6, 6.07) is 7.78. The van der Waals surface area contributed by atoms with E-state index in [1.54, 1.807) is 24.5 Å². The second-order valence-electron chi connectivity index (χ2n) is 2.70. The van der Waals surface area contributed by atoms with Gasteiger partial charge in [0, 0.05) is 12.4 Å². The van der Waals surface area contributed by atoms with Gasteiger partial charge in [0.1, 0.15) is 11.4 Å². The summed E-state index contributed by atoms with van der Waals surface area (Å²) >= 11 is 0. The number of halogens is 1. The number of aromatic nitrogens is 1. The largest absolute Gasteiger partial charge is 0.506 e. The molecule has 2 rings (SSSR count). The number of hydrogen-bond acceptors (Lipinski definition) is 1. The van der Waals surface area contributed by atoms with Gasteiger partial charge in [0.2, 0.25) is 0 Å². The van der Waals surface area contributed by atoms with Gasteiger partial charge in [-0.3, -0.25) is 0 Å². The number of rotatable bonds is 1. The van der Waals surface area contributed by atoms with Crippen LogP contribution in [0.2, 0.25) is 0 Å². The minimum Gasteiger partial charge on any atom is -0.506 e. The van der Waals surface area contributed by atoms with Crippen molar-refractivity contribution in [3.8, 4) is 11.4 Å². The quantitative estimate of drug-likeness (QED) is 0.710. The van der Waals surface area contributed by atoms with Crippen LogP contribution in [0, 0.1) is 5.82 Å². The Labute approximate surface area is 74.9 Å². The van der Waals surface area contributed by atoms with Crippen molar-refractivity contribution in [1.82, 2.24) is 4.57 Å². The van der Waals surface area contributed by atoms with Crippen LogP contribution >= 0.6 is 0 Å². The van der Waals surface area contributed by atoms with E-state index in [4.69, 9.17) is 0 Å². The van der Waals surface area contributed by atoms with Gasteiger partial charge < -0.3 is 9.67 Å². The Hall–Kier alpha value is -1.77. The molecule has 1 aromatic carbocycles. The Kier molecular flexibility index (Phi) is 1.77. The zero-order chi connectivity index (χ0) is 9.26. The topological polar surface area (TPSA) is 25.2 Å². The SMILES string of the molecule is Oc1cccc(F)c1-n1cccc1. The molecule has 3 heteroatoms. The van der Waals surface area contributed by atoms with E-state index in [9.17, 15) is 9.50 Å². The molecule has 0 saturated heterocycles. The molecule has 0 atom stereocenters. The lowest BCUT2D eigenvalue weighted by Crippen LogP contribution is -1.94. The fraction of sp³-hybridized carbons (Fsp3) is 0. The third-order valence-corrected chi connectivity index (χ3v) is 1.83. The van der Waals surface area contributed by atoms with Gasteiger partial charge in [-0.15, -0.1) is 0 Å². The number of hydrogen-bond donors (Lipinski definition) is 1. The Bertz CT molecular complexity index is 389. The van der Waals surface area contributed by atoms with E-state index >= 15 is 0 Å². The van der Waals surface area contributed by atoms with Gasteiger partial charge in [-0.25, -0.2) is 4.39 Å². The summed E-state index contributed by atoms with van der Waals surface area (Å²) in [6.45, 7) is 0. The highest BCUT2D eigenvalue weighted by molar-refractivity contribution is 5.46. The maximum Gasteiger partial charge on any atom is 0.150 e. The van der Waals surface area contributed by atoms with Crippen molar-refractivity contribution in [1.29, 1.82) is 0 Å². The number of aromatic hydroxyl groups is 1. The summed E-state index contributed by atoms with van der Waals surface area (Å²) in [5.74, 6) is -0.493. The van der Waals surface area contributed by atoms with Crippen LogP contribution in [0.1, 0.15) is 0 Å². The number of para-hydroxylation sites is 1. The van der Waals surface area contributed by atoms with Gasteiger partial charge in [-0.1, -0.05) is 6.07 Å². The molecule has 0 aliphatic carbocycles. The fourth-order valence-electron chi connectivity index (χ4n) is 1.24. The van der Waals surface area contributed by atoms with Crippen LogP contribution in [0.15, 0.2) is 42.7 Å². The highest BCUT2D eigenvalue weighted by Crippen LogP contribution is 2.23. The molecule has 66 valence electrons. The lowest BCUT2D eigenvalue weighted by molar-refractivity contribution is 0.465. The van der Waals surface area contributed by atoms with Gasteiger partial charge in [0.25, 0.3) is 0 Å². The molecule has 0 bridgehead atoms. The first-order valence-electron chi connectivity index (χ1n) is 3.90. The molecular formula is C10H8FNO. The molecule has 2 aromatic rings. The summed E-state index contributed by atoms with van der Waals surface area (Å²) in [7, 11) is 0. The molecular weight excluding hydrogens is 169 g/mol.